The van der Waals surface area contributed by atoms with E-state index in [1.807, 2.05) is 0 Å². The number of primary sulfonamides is 1. The van der Waals surface area contributed by atoms with E-state index in [-0.39, 0.29) is 23.8 Å². The SMILES string of the molecule is CCOP(=O)(OCC)C(NC(=O)c1cc(-c2ccc(F)cc2)n(-c2ccc(S(N)(=O)=O)cc2)n1)c1ccccc1. The van der Waals surface area contributed by atoms with Gasteiger partial charge in [-0.25, -0.2) is 22.6 Å². The highest BCUT2D eigenvalue weighted by Gasteiger charge is 2.38. The molecular weight excluding hydrogens is 558 g/mol. The first kappa shape index (κ1) is 29.3. The average molecular weight is 587 g/mol. The number of sulfonamides is 1. The van der Waals surface area contributed by atoms with Crippen molar-refractivity contribution >= 4 is 23.5 Å². The highest BCUT2D eigenvalue weighted by molar-refractivity contribution is 7.89. The number of carbonyl (C=O) groups excluding carboxylic acids is 1. The van der Waals surface area contributed by atoms with Gasteiger partial charge in [-0.2, -0.15) is 5.10 Å². The molecule has 0 radical (unpaired) electrons. The second kappa shape index (κ2) is 12.2. The summed E-state index contributed by atoms with van der Waals surface area (Å²) in [6, 6.07) is 21.3. The first-order valence-corrected chi connectivity index (χ1v) is 15.5. The van der Waals surface area contributed by atoms with Crippen LogP contribution in [0.25, 0.3) is 16.9 Å². The lowest BCUT2D eigenvalue weighted by atomic mass is 10.1. The smallest absolute Gasteiger partial charge is 0.333 e. The topological polar surface area (TPSA) is 143 Å². The van der Waals surface area contributed by atoms with Gasteiger partial charge in [0.05, 0.1) is 29.5 Å². The molecule has 1 atom stereocenters. The van der Waals surface area contributed by atoms with Gasteiger partial charge in [0.2, 0.25) is 10.0 Å². The van der Waals surface area contributed by atoms with Gasteiger partial charge < -0.3 is 14.4 Å². The number of aromatic nitrogens is 2. The minimum Gasteiger partial charge on any atom is -0.333 e. The summed E-state index contributed by atoms with van der Waals surface area (Å²) < 4.78 is 63.3. The van der Waals surface area contributed by atoms with Crippen LogP contribution in [-0.2, 0) is 23.6 Å². The number of halogens is 1. The molecule has 4 aromatic rings. The highest BCUT2D eigenvalue weighted by Crippen LogP contribution is 2.59. The molecule has 13 heteroatoms. The van der Waals surface area contributed by atoms with Crippen LogP contribution >= 0.6 is 7.60 Å². The zero-order valence-electron chi connectivity index (χ0n) is 21.7. The molecule has 3 aromatic carbocycles. The summed E-state index contributed by atoms with van der Waals surface area (Å²) in [4.78, 5) is 13.5. The molecule has 0 aliphatic carbocycles. The number of amides is 1. The Morgan fingerprint density at radius 2 is 1.60 bits per heavy atom. The number of hydrogen-bond acceptors (Lipinski definition) is 7. The van der Waals surface area contributed by atoms with Crippen molar-refractivity contribution in [2.24, 2.45) is 5.14 Å². The summed E-state index contributed by atoms with van der Waals surface area (Å²) in [7, 11) is -7.78. The van der Waals surface area contributed by atoms with Crippen LogP contribution in [0.3, 0.4) is 0 Å². The zero-order valence-corrected chi connectivity index (χ0v) is 23.4. The Bertz CT molecular complexity index is 1620. The molecule has 1 amide bonds. The third-order valence-electron chi connectivity index (χ3n) is 5.81. The number of hydrogen-bond donors (Lipinski definition) is 2. The van der Waals surface area contributed by atoms with Gasteiger partial charge in [-0.15, -0.1) is 0 Å². The molecule has 1 unspecified atom stereocenters. The molecule has 4 rings (SSSR count). The Kier molecular flexibility index (Phi) is 8.97. The van der Waals surface area contributed by atoms with Gasteiger partial charge in [0.1, 0.15) is 5.82 Å². The quantitative estimate of drug-likeness (QED) is 0.235. The largest absolute Gasteiger partial charge is 0.357 e. The molecular formula is C27H28FN4O6PS. The van der Waals surface area contributed by atoms with Gasteiger partial charge in [0.15, 0.2) is 11.5 Å². The number of benzene rings is 3. The zero-order chi connectivity index (χ0) is 28.9. The van der Waals surface area contributed by atoms with Gasteiger partial charge in [-0.1, -0.05) is 30.3 Å². The van der Waals surface area contributed by atoms with Gasteiger partial charge >= 0.3 is 7.60 Å². The monoisotopic (exact) mass is 586 g/mol. The van der Waals surface area contributed by atoms with Crippen molar-refractivity contribution in [1.29, 1.82) is 0 Å². The lowest BCUT2D eigenvalue weighted by Gasteiger charge is -2.27. The normalized spacial score (nSPS) is 12.7. The second-order valence-electron chi connectivity index (χ2n) is 8.53. The molecule has 0 bridgehead atoms. The van der Waals surface area contributed by atoms with Crippen LogP contribution < -0.4 is 10.5 Å². The molecule has 0 aliphatic heterocycles. The van der Waals surface area contributed by atoms with E-state index in [1.54, 1.807) is 44.2 Å². The van der Waals surface area contributed by atoms with Crippen molar-refractivity contribution in [1.82, 2.24) is 15.1 Å². The van der Waals surface area contributed by atoms with Crippen molar-refractivity contribution in [3.05, 3.63) is 102 Å². The summed E-state index contributed by atoms with van der Waals surface area (Å²) in [5, 5.41) is 12.4. The van der Waals surface area contributed by atoms with Crippen LogP contribution in [0.15, 0.2) is 89.8 Å². The predicted molar refractivity (Wildman–Crippen MR) is 148 cm³/mol. The van der Waals surface area contributed by atoms with Crippen molar-refractivity contribution < 1.29 is 31.2 Å². The van der Waals surface area contributed by atoms with Crippen LogP contribution in [0.5, 0.6) is 0 Å². The minimum atomic E-state index is -3.93. The Labute approximate surface area is 231 Å². The van der Waals surface area contributed by atoms with Crippen molar-refractivity contribution in [3.63, 3.8) is 0 Å². The maximum Gasteiger partial charge on any atom is 0.357 e. The molecule has 0 fully saturated rings. The summed E-state index contributed by atoms with van der Waals surface area (Å²) in [5.74, 6) is -2.25. The fraction of sp³-hybridized carbons (Fsp3) is 0.185. The van der Waals surface area contributed by atoms with Crippen molar-refractivity contribution in [3.8, 4) is 16.9 Å². The van der Waals surface area contributed by atoms with Crippen molar-refractivity contribution in [2.45, 2.75) is 24.5 Å². The molecule has 0 aliphatic rings. The lowest BCUT2D eigenvalue weighted by molar-refractivity contribution is 0.0931. The van der Waals surface area contributed by atoms with E-state index >= 15 is 0 Å². The fourth-order valence-electron chi connectivity index (χ4n) is 4.02. The maximum atomic E-state index is 13.8. The van der Waals surface area contributed by atoms with Crippen LogP contribution in [0.4, 0.5) is 4.39 Å². The van der Waals surface area contributed by atoms with E-state index in [0.717, 1.165) is 0 Å². The number of carbonyl (C=O) groups is 1. The minimum absolute atomic E-state index is 0.0460. The van der Waals surface area contributed by atoms with Gasteiger partial charge in [0, 0.05) is 5.56 Å². The standard InChI is InChI=1S/C27H28FN4O6PS/c1-3-37-39(34,38-4-2)27(20-8-6-5-7-9-20)30-26(33)24-18-25(19-10-12-21(28)13-11-19)32(31-24)22-14-16-23(17-15-22)40(29,35)36/h5-18,27H,3-4H2,1-2H3,(H,30,33)(H2,29,35,36). The summed E-state index contributed by atoms with van der Waals surface area (Å²) in [6.45, 7) is 3.53. The van der Waals surface area contributed by atoms with Crippen LogP contribution in [0.2, 0.25) is 0 Å². The Morgan fingerprint density at radius 3 is 2.15 bits per heavy atom. The van der Waals surface area contributed by atoms with E-state index in [1.165, 1.54) is 59.3 Å². The number of rotatable bonds is 11. The first-order valence-electron chi connectivity index (χ1n) is 12.3. The van der Waals surface area contributed by atoms with Crippen LogP contribution in [0.1, 0.15) is 35.7 Å². The van der Waals surface area contributed by atoms with Gasteiger partial charge in [0.25, 0.3) is 5.91 Å². The first-order chi connectivity index (χ1) is 19.1. The molecule has 1 aromatic heterocycles. The van der Waals surface area contributed by atoms with E-state index < -0.39 is 35.1 Å². The van der Waals surface area contributed by atoms with Crippen LogP contribution in [0, 0.1) is 5.82 Å². The Hall–Kier alpha value is -3.67. The lowest BCUT2D eigenvalue weighted by Crippen LogP contribution is -2.30. The van der Waals surface area contributed by atoms with E-state index in [9.17, 15) is 22.2 Å². The fourth-order valence-corrected chi connectivity index (χ4v) is 6.44. The molecule has 0 spiro atoms. The van der Waals surface area contributed by atoms with E-state index in [4.69, 9.17) is 14.2 Å². The predicted octanol–water partition coefficient (Wildman–Crippen LogP) is 5.02. The molecule has 0 saturated carbocycles. The Morgan fingerprint density at radius 1 is 1.00 bits per heavy atom. The second-order valence-corrected chi connectivity index (χ2v) is 12.2. The van der Waals surface area contributed by atoms with E-state index in [0.29, 0.717) is 22.5 Å². The summed E-state index contributed by atoms with van der Waals surface area (Å²) in [6.07, 6.45) is 0. The highest BCUT2D eigenvalue weighted by atomic mass is 32.2. The summed E-state index contributed by atoms with van der Waals surface area (Å²) >= 11 is 0. The third kappa shape index (κ3) is 6.55. The number of nitrogens with one attached hydrogen (secondary N) is 1. The molecule has 3 N–H and O–H groups in total. The molecule has 10 nitrogen and oxygen atoms in total. The average Bonchev–Trinajstić information content (AvgIpc) is 3.38. The van der Waals surface area contributed by atoms with E-state index in [2.05, 4.69) is 10.4 Å². The molecule has 210 valence electrons. The molecule has 40 heavy (non-hydrogen) atoms. The third-order valence-corrected chi connectivity index (χ3v) is 9.03. The van der Waals surface area contributed by atoms with Gasteiger partial charge in [-0.05, 0) is 74.0 Å². The molecule has 0 saturated heterocycles. The van der Waals surface area contributed by atoms with Crippen molar-refractivity contribution in [2.75, 3.05) is 13.2 Å². The Balaban J connectivity index is 1.78. The number of nitrogens with zero attached hydrogens (tertiary/aromatic N) is 2. The van der Waals surface area contributed by atoms with Gasteiger partial charge in [-0.3, -0.25) is 9.36 Å². The number of nitrogens with two attached hydrogens (primary N) is 1. The summed E-state index contributed by atoms with van der Waals surface area (Å²) in [5.41, 5.74) is 1.84. The maximum absolute atomic E-state index is 13.8. The van der Waals surface area contributed by atoms with Crippen LogP contribution in [-0.4, -0.2) is 37.3 Å². The molecule has 1 heterocycles.